The van der Waals surface area contributed by atoms with Gasteiger partial charge in [-0.2, -0.15) is 5.26 Å². The molecule has 2 unspecified atom stereocenters. The summed E-state index contributed by atoms with van der Waals surface area (Å²) in [6, 6.07) is 2.31. The van der Waals surface area contributed by atoms with Crippen molar-refractivity contribution in [3.05, 3.63) is 0 Å². The molecule has 1 aliphatic heterocycles. The van der Waals surface area contributed by atoms with E-state index in [1.54, 1.807) is 0 Å². The van der Waals surface area contributed by atoms with Crippen LogP contribution in [0.4, 0.5) is 0 Å². The predicted molar refractivity (Wildman–Crippen MR) is 72.7 cm³/mol. The van der Waals surface area contributed by atoms with E-state index in [1.807, 2.05) is 0 Å². The fraction of sp³-hybridized carbons (Fsp3) is 0.933. The zero-order valence-corrected chi connectivity index (χ0v) is 12.0. The molecule has 0 aromatic carbocycles. The molecule has 1 aliphatic rings. The second kappa shape index (κ2) is 6.40. The highest BCUT2D eigenvalue weighted by molar-refractivity contribution is 4.87. The van der Waals surface area contributed by atoms with Crippen LogP contribution in [-0.2, 0) is 0 Å². The summed E-state index contributed by atoms with van der Waals surface area (Å²) in [4.78, 5) is 2.62. The van der Waals surface area contributed by atoms with E-state index in [0.29, 0.717) is 5.54 Å². The molecule has 0 amide bonds. The summed E-state index contributed by atoms with van der Waals surface area (Å²) in [6.07, 6.45) is 5.72. The van der Waals surface area contributed by atoms with Gasteiger partial charge in [-0.3, -0.25) is 4.90 Å². The number of nitriles is 1. The van der Waals surface area contributed by atoms with Gasteiger partial charge in [0.05, 0.1) is 6.07 Å². The van der Waals surface area contributed by atoms with E-state index in [4.69, 9.17) is 5.26 Å². The molecule has 1 heterocycles. The van der Waals surface area contributed by atoms with E-state index in [1.165, 1.54) is 32.4 Å². The van der Waals surface area contributed by atoms with E-state index in [-0.39, 0.29) is 0 Å². The Morgan fingerprint density at radius 3 is 2.47 bits per heavy atom. The van der Waals surface area contributed by atoms with Gasteiger partial charge in [0.15, 0.2) is 0 Å². The van der Waals surface area contributed by atoms with Crippen LogP contribution in [0.5, 0.6) is 0 Å². The number of likely N-dealkylation sites (tertiary alicyclic amines) is 1. The van der Waals surface area contributed by atoms with Crippen molar-refractivity contribution in [2.75, 3.05) is 13.1 Å². The maximum absolute atomic E-state index is 8.73. The van der Waals surface area contributed by atoms with Gasteiger partial charge >= 0.3 is 0 Å². The molecule has 1 fully saturated rings. The quantitative estimate of drug-likeness (QED) is 0.742. The molecule has 17 heavy (non-hydrogen) atoms. The zero-order valence-electron chi connectivity index (χ0n) is 12.0. The molecule has 98 valence electrons. The van der Waals surface area contributed by atoms with Crippen molar-refractivity contribution in [2.45, 2.75) is 65.3 Å². The highest BCUT2D eigenvalue weighted by atomic mass is 15.2. The minimum atomic E-state index is 0.298. The second-order valence-corrected chi connectivity index (χ2v) is 6.41. The Morgan fingerprint density at radius 2 is 1.94 bits per heavy atom. The Balaban J connectivity index is 2.58. The topological polar surface area (TPSA) is 27.0 Å². The van der Waals surface area contributed by atoms with Gasteiger partial charge in [0, 0.05) is 18.5 Å². The molecule has 0 N–H and O–H groups in total. The lowest BCUT2D eigenvalue weighted by molar-refractivity contribution is 0.0406. The molecule has 0 aromatic rings. The SMILES string of the molecule is CCCC1CN(C(C)(C)C)CCC1CCC#N. The maximum atomic E-state index is 8.73. The van der Waals surface area contributed by atoms with Gasteiger partial charge < -0.3 is 0 Å². The van der Waals surface area contributed by atoms with Crippen LogP contribution in [0.25, 0.3) is 0 Å². The van der Waals surface area contributed by atoms with Gasteiger partial charge in [0.2, 0.25) is 0 Å². The molecule has 2 nitrogen and oxygen atoms in total. The largest absolute Gasteiger partial charge is 0.298 e. The van der Waals surface area contributed by atoms with Gasteiger partial charge in [-0.05, 0) is 58.4 Å². The lowest BCUT2D eigenvalue weighted by Gasteiger charge is -2.45. The monoisotopic (exact) mass is 236 g/mol. The summed E-state index contributed by atoms with van der Waals surface area (Å²) in [5, 5.41) is 8.73. The van der Waals surface area contributed by atoms with Crippen molar-refractivity contribution in [1.29, 1.82) is 5.26 Å². The lowest BCUT2D eigenvalue weighted by Crippen LogP contribution is -2.49. The molecule has 0 aliphatic carbocycles. The molecule has 0 radical (unpaired) electrons. The average molecular weight is 236 g/mol. The van der Waals surface area contributed by atoms with Crippen LogP contribution in [0.15, 0.2) is 0 Å². The molecule has 1 rings (SSSR count). The Labute approximate surface area is 107 Å². The van der Waals surface area contributed by atoms with Crippen molar-refractivity contribution in [3.63, 3.8) is 0 Å². The van der Waals surface area contributed by atoms with E-state index < -0.39 is 0 Å². The molecule has 0 spiro atoms. The minimum Gasteiger partial charge on any atom is -0.298 e. The Hall–Kier alpha value is -0.550. The van der Waals surface area contributed by atoms with Crippen molar-refractivity contribution < 1.29 is 0 Å². The number of rotatable bonds is 4. The smallest absolute Gasteiger partial charge is 0.0621 e. The van der Waals surface area contributed by atoms with Crippen LogP contribution in [0.3, 0.4) is 0 Å². The lowest BCUT2D eigenvalue weighted by atomic mass is 9.79. The summed E-state index contributed by atoms with van der Waals surface area (Å²) in [6.45, 7) is 11.6. The Kier molecular flexibility index (Phi) is 5.46. The maximum Gasteiger partial charge on any atom is 0.0621 e. The molecule has 0 bridgehead atoms. The van der Waals surface area contributed by atoms with Crippen LogP contribution in [0.1, 0.15) is 59.8 Å². The van der Waals surface area contributed by atoms with E-state index in [0.717, 1.165) is 24.7 Å². The number of hydrogen-bond donors (Lipinski definition) is 0. The highest BCUT2D eigenvalue weighted by Gasteiger charge is 2.32. The number of piperidine rings is 1. The number of nitrogens with zero attached hydrogens (tertiary/aromatic N) is 2. The fourth-order valence-corrected chi connectivity index (χ4v) is 3.02. The summed E-state index contributed by atoms with van der Waals surface area (Å²) in [5.41, 5.74) is 0.298. The first-order valence-corrected chi connectivity index (χ1v) is 7.11. The average Bonchev–Trinajstić information content (AvgIpc) is 2.26. The molecule has 0 aromatic heterocycles. The molecule has 2 atom stereocenters. The van der Waals surface area contributed by atoms with Crippen molar-refractivity contribution in [1.82, 2.24) is 4.90 Å². The van der Waals surface area contributed by atoms with Crippen molar-refractivity contribution >= 4 is 0 Å². The van der Waals surface area contributed by atoms with Gasteiger partial charge in [0.25, 0.3) is 0 Å². The first-order chi connectivity index (χ1) is 7.99. The third-order valence-corrected chi connectivity index (χ3v) is 4.13. The van der Waals surface area contributed by atoms with Crippen molar-refractivity contribution in [2.24, 2.45) is 11.8 Å². The second-order valence-electron chi connectivity index (χ2n) is 6.41. The van der Waals surface area contributed by atoms with E-state index in [9.17, 15) is 0 Å². The van der Waals surface area contributed by atoms with Crippen LogP contribution >= 0.6 is 0 Å². The zero-order chi connectivity index (χ0) is 12.9. The first kappa shape index (κ1) is 14.5. The summed E-state index contributed by atoms with van der Waals surface area (Å²) >= 11 is 0. The summed E-state index contributed by atoms with van der Waals surface area (Å²) in [5.74, 6) is 1.59. The van der Waals surface area contributed by atoms with Crippen LogP contribution in [0.2, 0.25) is 0 Å². The standard InChI is InChI=1S/C15H28N2/c1-5-7-14-12-17(15(2,3)4)11-9-13(14)8-6-10-16/h13-14H,5-9,11-12H2,1-4H3. The van der Waals surface area contributed by atoms with E-state index >= 15 is 0 Å². The third-order valence-electron chi connectivity index (χ3n) is 4.13. The van der Waals surface area contributed by atoms with Gasteiger partial charge in [-0.25, -0.2) is 0 Å². The van der Waals surface area contributed by atoms with E-state index in [2.05, 4.69) is 38.7 Å². The van der Waals surface area contributed by atoms with Crippen molar-refractivity contribution in [3.8, 4) is 6.07 Å². The first-order valence-electron chi connectivity index (χ1n) is 7.11. The van der Waals surface area contributed by atoms with Crippen LogP contribution < -0.4 is 0 Å². The highest BCUT2D eigenvalue weighted by Crippen LogP contribution is 2.33. The van der Waals surface area contributed by atoms with Gasteiger partial charge in [-0.1, -0.05) is 13.3 Å². The molecule has 0 saturated carbocycles. The van der Waals surface area contributed by atoms with Gasteiger partial charge in [-0.15, -0.1) is 0 Å². The van der Waals surface area contributed by atoms with Crippen LogP contribution in [-0.4, -0.2) is 23.5 Å². The molecular weight excluding hydrogens is 208 g/mol. The predicted octanol–water partition coefficient (Wildman–Crippen LogP) is 3.83. The fourth-order valence-electron chi connectivity index (χ4n) is 3.02. The van der Waals surface area contributed by atoms with Crippen LogP contribution in [0, 0.1) is 23.2 Å². The Bertz CT molecular complexity index is 259. The molecule has 2 heteroatoms. The minimum absolute atomic E-state index is 0.298. The van der Waals surface area contributed by atoms with Gasteiger partial charge in [0.1, 0.15) is 0 Å². The normalized spacial score (nSPS) is 26.8. The molecular formula is C15H28N2. The Morgan fingerprint density at radius 1 is 1.24 bits per heavy atom. The summed E-state index contributed by atoms with van der Waals surface area (Å²) in [7, 11) is 0. The summed E-state index contributed by atoms with van der Waals surface area (Å²) < 4.78 is 0. The molecule has 1 saturated heterocycles. The third kappa shape index (κ3) is 4.32. The number of hydrogen-bond acceptors (Lipinski definition) is 2.